The molecule has 0 saturated heterocycles. The van der Waals surface area contributed by atoms with Gasteiger partial charge in [0.2, 0.25) is 0 Å². The van der Waals surface area contributed by atoms with E-state index in [4.69, 9.17) is 4.74 Å². The first kappa shape index (κ1) is 20.6. The fraction of sp³-hybridized carbons (Fsp3) is 0.158. The number of nitrogens with zero attached hydrogens (tertiary/aromatic N) is 1. The molecular formula is C19H15FNNaO3S. The first-order valence-electron chi connectivity index (χ1n) is 7.64. The maximum atomic E-state index is 13.0. The largest absolute Gasteiger partial charge is 1.00 e. The van der Waals surface area contributed by atoms with Crippen molar-refractivity contribution in [2.45, 2.75) is 20.0 Å². The number of hydrogen-bond acceptors (Lipinski definition) is 5. The average molecular weight is 379 g/mol. The summed E-state index contributed by atoms with van der Waals surface area (Å²) in [6, 6.07) is 11.9. The SMILES string of the molecule is Cc1ccc(OCc2ccc(F)cc2)c(Cc2nc(C(=O)[O-])cs2)c1.[Na+]. The molecule has 3 aromatic rings. The number of carbonyl (C=O) groups is 1. The molecule has 128 valence electrons. The van der Waals surface area contributed by atoms with Gasteiger partial charge in [-0.25, -0.2) is 9.37 Å². The summed E-state index contributed by atoms with van der Waals surface area (Å²) in [5, 5.41) is 13.0. The molecule has 0 atom stereocenters. The Morgan fingerprint density at radius 3 is 2.62 bits per heavy atom. The van der Waals surface area contributed by atoms with Crippen LogP contribution in [0, 0.1) is 12.7 Å². The van der Waals surface area contributed by atoms with Crippen molar-refractivity contribution < 1.29 is 48.6 Å². The van der Waals surface area contributed by atoms with Crippen molar-refractivity contribution in [3.05, 3.63) is 81.1 Å². The van der Waals surface area contributed by atoms with Gasteiger partial charge in [0, 0.05) is 17.4 Å². The van der Waals surface area contributed by atoms with Gasteiger partial charge in [0.25, 0.3) is 0 Å². The van der Waals surface area contributed by atoms with Crippen LogP contribution in [0.3, 0.4) is 0 Å². The fourth-order valence-corrected chi connectivity index (χ4v) is 3.16. The Labute approximate surface area is 177 Å². The Balaban J connectivity index is 0.00000243. The maximum absolute atomic E-state index is 13.0. The molecule has 0 radical (unpaired) electrons. The second kappa shape index (κ2) is 9.28. The predicted octanol–water partition coefficient (Wildman–Crippen LogP) is 0.128. The van der Waals surface area contributed by atoms with Crippen LogP contribution < -0.4 is 39.4 Å². The van der Waals surface area contributed by atoms with Crippen LogP contribution in [-0.2, 0) is 13.0 Å². The van der Waals surface area contributed by atoms with Crippen molar-refractivity contribution in [1.82, 2.24) is 4.98 Å². The van der Waals surface area contributed by atoms with E-state index in [2.05, 4.69) is 4.98 Å². The Hall–Kier alpha value is -1.73. The number of benzene rings is 2. The molecule has 3 rings (SSSR count). The summed E-state index contributed by atoms with van der Waals surface area (Å²) < 4.78 is 18.8. The molecule has 0 aliphatic carbocycles. The van der Waals surface area contributed by atoms with Gasteiger partial charge < -0.3 is 14.6 Å². The first-order chi connectivity index (χ1) is 12.0. The van der Waals surface area contributed by atoms with E-state index in [0.717, 1.165) is 16.7 Å². The normalized spacial score (nSPS) is 10.2. The predicted molar refractivity (Wildman–Crippen MR) is 91.2 cm³/mol. The molecule has 1 heterocycles. The fourth-order valence-electron chi connectivity index (χ4n) is 2.38. The topological polar surface area (TPSA) is 62.2 Å². The minimum absolute atomic E-state index is 0. The second-order valence-electron chi connectivity index (χ2n) is 5.62. The van der Waals surface area contributed by atoms with Crippen LogP contribution in [0.4, 0.5) is 4.39 Å². The van der Waals surface area contributed by atoms with Gasteiger partial charge in [-0.2, -0.15) is 0 Å². The van der Waals surface area contributed by atoms with Gasteiger partial charge >= 0.3 is 29.6 Å². The Bertz CT molecular complexity index is 896. The van der Waals surface area contributed by atoms with Crippen molar-refractivity contribution in [1.29, 1.82) is 0 Å². The molecule has 0 unspecified atom stereocenters. The number of ether oxygens (including phenoxy) is 1. The molecule has 0 saturated carbocycles. The van der Waals surface area contributed by atoms with Crippen LogP contribution in [0.1, 0.15) is 32.2 Å². The second-order valence-corrected chi connectivity index (χ2v) is 6.56. The average Bonchev–Trinajstić information content (AvgIpc) is 3.04. The van der Waals surface area contributed by atoms with Gasteiger partial charge in [0.15, 0.2) is 0 Å². The van der Waals surface area contributed by atoms with Crippen molar-refractivity contribution in [3.63, 3.8) is 0 Å². The van der Waals surface area contributed by atoms with Crippen LogP contribution in [0.5, 0.6) is 5.75 Å². The number of carboxylic acids is 1. The van der Waals surface area contributed by atoms with E-state index in [1.165, 1.54) is 28.8 Å². The third-order valence-corrected chi connectivity index (χ3v) is 4.47. The van der Waals surface area contributed by atoms with Crippen molar-refractivity contribution in [2.75, 3.05) is 0 Å². The summed E-state index contributed by atoms with van der Waals surface area (Å²) in [6.07, 6.45) is 0.471. The number of rotatable bonds is 6. The van der Waals surface area contributed by atoms with E-state index in [9.17, 15) is 14.3 Å². The third kappa shape index (κ3) is 5.38. The zero-order chi connectivity index (χ0) is 17.8. The number of halogens is 1. The number of aryl methyl sites for hydroxylation is 1. The number of carbonyl (C=O) groups excluding carboxylic acids is 1. The van der Waals surface area contributed by atoms with Crippen LogP contribution in [-0.4, -0.2) is 11.0 Å². The van der Waals surface area contributed by atoms with Crippen molar-refractivity contribution in [3.8, 4) is 5.75 Å². The Morgan fingerprint density at radius 1 is 1.23 bits per heavy atom. The van der Waals surface area contributed by atoms with Gasteiger partial charge in [-0.3, -0.25) is 0 Å². The van der Waals surface area contributed by atoms with Crippen LogP contribution in [0.25, 0.3) is 0 Å². The first-order valence-corrected chi connectivity index (χ1v) is 8.52. The maximum Gasteiger partial charge on any atom is 1.00 e. The summed E-state index contributed by atoms with van der Waals surface area (Å²) in [5.41, 5.74) is 2.80. The number of carboxylic acid groups (broad SMARTS) is 1. The number of hydrogen-bond donors (Lipinski definition) is 0. The molecule has 7 heteroatoms. The van der Waals surface area contributed by atoms with Crippen LogP contribution >= 0.6 is 11.3 Å². The molecule has 1 aromatic heterocycles. The molecule has 0 spiro atoms. The smallest absolute Gasteiger partial charge is 0.543 e. The molecule has 0 aliphatic rings. The third-order valence-electron chi connectivity index (χ3n) is 3.63. The molecule has 0 aliphatic heterocycles. The minimum Gasteiger partial charge on any atom is -0.543 e. The summed E-state index contributed by atoms with van der Waals surface area (Å²) >= 11 is 1.27. The van der Waals surface area contributed by atoms with E-state index in [1.807, 2.05) is 25.1 Å². The number of aromatic nitrogens is 1. The van der Waals surface area contributed by atoms with Gasteiger partial charge in [0.05, 0.1) is 16.7 Å². The van der Waals surface area contributed by atoms with Gasteiger partial charge in [0.1, 0.15) is 18.2 Å². The quantitative estimate of drug-likeness (QED) is 0.571. The summed E-state index contributed by atoms with van der Waals surface area (Å²) in [5.74, 6) is -0.869. The zero-order valence-corrected chi connectivity index (χ0v) is 17.3. The molecular weight excluding hydrogens is 364 g/mol. The minimum atomic E-state index is -1.28. The molecule has 0 amide bonds. The van der Waals surface area contributed by atoms with Gasteiger partial charge in [-0.15, -0.1) is 11.3 Å². The molecule has 0 bridgehead atoms. The molecule has 26 heavy (non-hydrogen) atoms. The molecule has 2 aromatic carbocycles. The van der Waals surface area contributed by atoms with Gasteiger partial charge in [-0.05, 0) is 30.7 Å². The van der Waals surface area contributed by atoms with E-state index in [-0.39, 0.29) is 41.1 Å². The summed E-state index contributed by atoms with van der Waals surface area (Å²) in [6.45, 7) is 2.29. The summed E-state index contributed by atoms with van der Waals surface area (Å²) in [7, 11) is 0. The summed E-state index contributed by atoms with van der Waals surface area (Å²) in [4.78, 5) is 14.9. The van der Waals surface area contributed by atoms with Crippen LogP contribution in [0.15, 0.2) is 47.8 Å². The standard InChI is InChI=1S/C19H16FNO3S.Na/c1-12-2-7-17(24-10-13-3-5-15(20)6-4-13)14(8-12)9-18-21-16(11-25-18)19(22)23;/h2-8,11H,9-10H2,1H3,(H,22,23);/q;+1/p-1. The monoisotopic (exact) mass is 379 g/mol. The molecule has 0 N–H and O–H groups in total. The van der Waals surface area contributed by atoms with E-state index < -0.39 is 5.97 Å². The van der Waals surface area contributed by atoms with E-state index in [0.29, 0.717) is 23.8 Å². The number of aromatic carboxylic acids is 1. The number of thiazole rings is 1. The molecule has 4 nitrogen and oxygen atoms in total. The van der Waals surface area contributed by atoms with Gasteiger partial charge in [-0.1, -0.05) is 29.8 Å². The van der Waals surface area contributed by atoms with Crippen molar-refractivity contribution >= 4 is 17.3 Å². The molecule has 0 fully saturated rings. The van der Waals surface area contributed by atoms with Crippen LogP contribution in [0.2, 0.25) is 0 Å². The zero-order valence-electron chi connectivity index (χ0n) is 14.5. The van der Waals surface area contributed by atoms with E-state index >= 15 is 0 Å². The Morgan fingerprint density at radius 2 is 1.96 bits per heavy atom. The Kier molecular flexibility index (Phi) is 7.34. The van der Waals surface area contributed by atoms with Crippen molar-refractivity contribution in [2.24, 2.45) is 0 Å². The van der Waals surface area contributed by atoms with E-state index in [1.54, 1.807) is 12.1 Å².